The van der Waals surface area contributed by atoms with E-state index in [0.717, 1.165) is 5.13 Å². The first kappa shape index (κ1) is 8.87. The Kier molecular flexibility index (Phi) is 2.19. The van der Waals surface area contributed by atoms with Crippen LogP contribution in [0.15, 0.2) is 11.6 Å². The number of alkyl halides is 2. The van der Waals surface area contributed by atoms with E-state index < -0.39 is 11.8 Å². The first-order chi connectivity index (χ1) is 6.23. The Labute approximate surface area is 79.0 Å². The van der Waals surface area contributed by atoms with Crippen molar-refractivity contribution in [1.29, 1.82) is 0 Å². The van der Waals surface area contributed by atoms with Gasteiger partial charge < -0.3 is 5.32 Å². The Morgan fingerprint density at radius 2 is 2.38 bits per heavy atom. The third-order valence-electron chi connectivity index (χ3n) is 2.38. The molecular weight excluding hydrogens is 194 g/mol. The summed E-state index contributed by atoms with van der Waals surface area (Å²) in [7, 11) is 0. The van der Waals surface area contributed by atoms with Gasteiger partial charge in [0.15, 0.2) is 5.13 Å². The normalized spacial score (nSPS) is 19.0. The van der Waals surface area contributed by atoms with Crippen LogP contribution in [0.5, 0.6) is 0 Å². The lowest BCUT2D eigenvalue weighted by Crippen LogP contribution is -2.22. The Morgan fingerprint density at radius 1 is 1.62 bits per heavy atom. The minimum Gasteiger partial charge on any atom is -0.361 e. The maximum Gasteiger partial charge on any atom is 0.245 e. The predicted molar refractivity (Wildman–Crippen MR) is 48.3 cm³/mol. The van der Waals surface area contributed by atoms with Crippen LogP contribution in [0.1, 0.15) is 12.8 Å². The van der Waals surface area contributed by atoms with E-state index in [0.29, 0.717) is 19.4 Å². The van der Waals surface area contributed by atoms with Gasteiger partial charge in [-0.05, 0) is 12.8 Å². The second-order valence-corrected chi connectivity index (χ2v) is 4.25. The van der Waals surface area contributed by atoms with Crippen molar-refractivity contribution < 1.29 is 8.78 Å². The van der Waals surface area contributed by atoms with Gasteiger partial charge in [0.05, 0.1) is 0 Å². The highest BCUT2D eigenvalue weighted by Gasteiger charge is 2.50. The van der Waals surface area contributed by atoms with Crippen LogP contribution in [-0.2, 0) is 0 Å². The lowest BCUT2D eigenvalue weighted by molar-refractivity contribution is 0.0688. The summed E-state index contributed by atoms with van der Waals surface area (Å²) in [5, 5.41) is 5.49. The molecule has 13 heavy (non-hydrogen) atoms. The Bertz CT molecular complexity index is 270. The molecule has 5 heteroatoms. The highest BCUT2D eigenvalue weighted by molar-refractivity contribution is 7.13. The van der Waals surface area contributed by atoms with Crippen LogP contribution in [-0.4, -0.2) is 18.0 Å². The maximum absolute atomic E-state index is 12.4. The van der Waals surface area contributed by atoms with E-state index in [4.69, 9.17) is 0 Å². The Hall–Kier alpha value is -0.710. The van der Waals surface area contributed by atoms with Gasteiger partial charge in [-0.25, -0.2) is 13.8 Å². The summed E-state index contributed by atoms with van der Waals surface area (Å²) in [5.74, 6) is 0. The quantitative estimate of drug-likeness (QED) is 0.815. The predicted octanol–water partition coefficient (Wildman–Crippen LogP) is 2.60. The van der Waals surface area contributed by atoms with E-state index >= 15 is 0 Å². The molecule has 1 saturated carbocycles. The molecule has 2 rings (SSSR count). The second-order valence-electron chi connectivity index (χ2n) is 3.35. The molecule has 1 aliphatic rings. The van der Waals surface area contributed by atoms with Crippen molar-refractivity contribution in [2.75, 3.05) is 11.9 Å². The van der Waals surface area contributed by atoms with Gasteiger partial charge in [0.1, 0.15) is 0 Å². The lowest BCUT2D eigenvalue weighted by Gasteiger charge is -2.13. The van der Waals surface area contributed by atoms with E-state index in [2.05, 4.69) is 10.3 Å². The van der Waals surface area contributed by atoms with Crippen molar-refractivity contribution in [3.8, 4) is 0 Å². The van der Waals surface area contributed by atoms with Crippen LogP contribution in [0.25, 0.3) is 0 Å². The second kappa shape index (κ2) is 3.21. The topological polar surface area (TPSA) is 24.9 Å². The molecule has 1 aromatic rings. The maximum atomic E-state index is 12.4. The van der Waals surface area contributed by atoms with Gasteiger partial charge in [-0.1, -0.05) is 0 Å². The molecule has 0 amide bonds. The molecule has 1 aromatic heterocycles. The number of hydrogen-bond acceptors (Lipinski definition) is 3. The van der Waals surface area contributed by atoms with Crippen molar-refractivity contribution in [3.63, 3.8) is 0 Å². The van der Waals surface area contributed by atoms with E-state index in [1.165, 1.54) is 11.3 Å². The fraction of sp³-hybridized carbons (Fsp3) is 0.625. The van der Waals surface area contributed by atoms with E-state index in [9.17, 15) is 8.78 Å². The average molecular weight is 204 g/mol. The summed E-state index contributed by atoms with van der Waals surface area (Å²) in [4.78, 5) is 3.97. The third-order valence-corrected chi connectivity index (χ3v) is 3.11. The zero-order valence-corrected chi connectivity index (χ0v) is 7.78. The summed E-state index contributed by atoms with van der Waals surface area (Å²) in [6, 6.07) is 0. The average Bonchev–Trinajstić information content (AvgIpc) is 2.73. The minimum atomic E-state index is -2.21. The molecule has 1 N–H and O–H groups in total. The monoisotopic (exact) mass is 204 g/mol. The highest BCUT2D eigenvalue weighted by Crippen LogP contribution is 2.50. The Balaban J connectivity index is 1.86. The number of rotatable bonds is 4. The van der Waals surface area contributed by atoms with Gasteiger partial charge in [-0.2, -0.15) is 0 Å². The van der Waals surface area contributed by atoms with Crippen molar-refractivity contribution in [2.45, 2.75) is 19.3 Å². The van der Waals surface area contributed by atoms with Crippen LogP contribution >= 0.6 is 11.3 Å². The molecule has 1 aliphatic carbocycles. The summed E-state index contributed by atoms with van der Waals surface area (Å²) >= 11 is 1.44. The fourth-order valence-electron chi connectivity index (χ4n) is 1.20. The van der Waals surface area contributed by atoms with Gasteiger partial charge in [-0.3, -0.25) is 0 Å². The number of aromatic nitrogens is 1. The first-order valence-corrected chi connectivity index (χ1v) is 5.02. The SMILES string of the molecule is FC(F)C1(CNc2nccs2)CC1. The van der Waals surface area contributed by atoms with Gasteiger partial charge >= 0.3 is 0 Å². The van der Waals surface area contributed by atoms with Crippen molar-refractivity contribution in [2.24, 2.45) is 5.41 Å². The summed E-state index contributed by atoms with van der Waals surface area (Å²) in [6.45, 7) is 0.345. The zero-order valence-electron chi connectivity index (χ0n) is 6.96. The van der Waals surface area contributed by atoms with Crippen LogP contribution in [0.2, 0.25) is 0 Å². The summed E-state index contributed by atoms with van der Waals surface area (Å²) < 4.78 is 24.9. The van der Waals surface area contributed by atoms with Crippen LogP contribution in [0, 0.1) is 5.41 Å². The molecule has 1 heterocycles. The first-order valence-electron chi connectivity index (χ1n) is 4.14. The molecule has 72 valence electrons. The van der Waals surface area contributed by atoms with Crippen LogP contribution in [0.3, 0.4) is 0 Å². The number of nitrogens with zero attached hydrogens (tertiary/aromatic N) is 1. The summed E-state index contributed by atoms with van der Waals surface area (Å²) in [6.07, 6.45) is 0.709. The molecule has 1 fully saturated rings. The number of nitrogens with one attached hydrogen (secondary N) is 1. The van der Waals surface area contributed by atoms with Gasteiger partial charge in [-0.15, -0.1) is 11.3 Å². The van der Waals surface area contributed by atoms with Crippen LogP contribution < -0.4 is 5.32 Å². The lowest BCUT2D eigenvalue weighted by atomic mass is 10.1. The molecule has 0 bridgehead atoms. The number of anilines is 1. The molecule has 0 saturated heterocycles. The van der Waals surface area contributed by atoms with Crippen molar-refractivity contribution in [3.05, 3.63) is 11.6 Å². The molecule has 2 nitrogen and oxygen atoms in total. The zero-order chi connectivity index (χ0) is 9.31. The Morgan fingerprint density at radius 3 is 2.85 bits per heavy atom. The highest BCUT2D eigenvalue weighted by atomic mass is 32.1. The summed E-state index contributed by atoms with van der Waals surface area (Å²) in [5.41, 5.74) is -0.758. The minimum absolute atomic E-state index is 0.345. The molecule has 0 radical (unpaired) electrons. The van der Waals surface area contributed by atoms with Crippen molar-refractivity contribution >= 4 is 16.5 Å². The van der Waals surface area contributed by atoms with Gasteiger partial charge in [0.2, 0.25) is 6.43 Å². The third kappa shape index (κ3) is 1.80. The molecule has 0 aliphatic heterocycles. The van der Waals surface area contributed by atoms with Gasteiger partial charge in [0, 0.05) is 23.5 Å². The smallest absolute Gasteiger partial charge is 0.245 e. The largest absolute Gasteiger partial charge is 0.361 e. The fourth-order valence-corrected chi connectivity index (χ4v) is 1.72. The van der Waals surface area contributed by atoms with E-state index in [1.807, 2.05) is 5.38 Å². The molecule has 0 aromatic carbocycles. The number of hydrogen-bond donors (Lipinski definition) is 1. The van der Waals surface area contributed by atoms with Crippen molar-refractivity contribution in [1.82, 2.24) is 4.98 Å². The van der Waals surface area contributed by atoms with Gasteiger partial charge in [0.25, 0.3) is 0 Å². The van der Waals surface area contributed by atoms with E-state index in [1.54, 1.807) is 6.20 Å². The number of thiazole rings is 1. The van der Waals surface area contributed by atoms with E-state index in [-0.39, 0.29) is 0 Å². The molecular formula is C8H10F2N2S. The molecule has 0 unspecified atom stereocenters. The molecule has 0 spiro atoms. The van der Waals surface area contributed by atoms with Crippen LogP contribution in [0.4, 0.5) is 13.9 Å². The standard InChI is InChI=1S/C8H10F2N2S/c9-6(10)8(1-2-8)5-12-7-11-3-4-13-7/h3-4,6H,1-2,5H2,(H,11,12). The number of halogens is 2. The molecule has 0 atom stereocenters.